The Labute approximate surface area is 359 Å². The molecule has 0 saturated carbocycles. The molecule has 0 saturated heterocycles. The van der Waals surface area contributed by atoms with Crippen molar-refractivity contribution in [3.8, 4) is 0 Å². The van der Waals surface area contributed by atoms with Gasteiger partial charge >= 0.3 is 17.9 Å². The molecule has 0 aliphatic carbocycles. The van der Waals surface area contributed by atoms with E-state index in [0.29, 0.717) is 19.3 Å². The SMILES string of the molecule is CC/C=C\C/C=C\CCCCCCCCCC(=O)OCC(COC(=O)CCCCCCCCCCCCCC)OC(=O)CCCCC/C=C\CCCCCCCCC. The molecule has 0 aromatic rings. The zero-order chi connectivity index (χ0) is 42.3. The van der Waals surface area contributed by atoms with Crippen molar-refractivity contribution in [2.45, 2.75) is 264 Å². The summed E-state index contributed by atoms with van der Waals surface area (Å²) in [5, 5.41) is 0. The van der Waals surface area contributed by atoms with Gasteiger partial charge in [0.2, 0.25) is 0 Å². The van der Waals surface area contributed by atoms with Crippen molar-refractivity contribution in [1.82, 2.24) is 0 Å². The summed E-state index contributed by atoms with van der Waals surface area (Å²) in [6, 6.07) is 0. The standard InChI is InChI=1S/C52H94O6/c1-4-7-10-13-16-19-22-25-27-30-33-36-39-42-45-51(54)57-48-49(47-56-50(53)44-41-38-35-32-29-24-21-18-15-12-9-6-3)58-52(55)46-43-40-37-34-31-28-26-23-20-17-14-11-8-5-2/h7,10,16,19,28,31,49H,4-6,8-9,11-15,17-18,20-27,29-30,32-48H2,1-3H3/b10-7-,19-16-,31-28-. The lowest BCUT2D eigenvalue weighted by atomic mass is 10.0. The van der Waals surface area contributed by atoms with Crippen LogP contribution in [0, 0.1) is 0 Å². The van der Waals surface area contributed by atoms with E-state index in [4.69, 9.17) is 14.2 Å². The first-order valence-corrected chi connectivity index (χ1v) is 25.0. The molecule has 0 radical (unpaired) electrons. The summed E-state index contributed by atoms with van der Waals surface area (Å²) >= 11 is 0. The van der Waals surface area contributed by atoms with Crippen molar-refractivity contribution in [1.29, 1.82) is 0 Å². The number of carbonyl (C=O) groups excluding carboxylic acids is 3. The van der Waals surface area contributed by atoms with Gasteiger partial charge < -0.3 is 14.2 Å². The number of esters is 3. The molecule has 0 bridgehead atoms. The second kappa shape index (κ2) is 47.3. The molecule has 0 aliphatic rings. The average Bonchev–Trinajstić information content (AvgIpc) is 3.22. The van der Waals surface area contributed by atoms with Gasteiger partial charge in [-0.15, -0.1) is 0 Å². The number of rotatable bonds is 45. The topological polar surface area (TPSA) is 78.9 Å². The van der Waals surface area contributed by atoms with Crippen molar-refractivity contribution < 1.29 is 28.6 Å². The summed E-state index contributed by atoms with van der Waals surface area (Å²) in [5.74, 6) is -0.895. The minimum atomic E-state index is -0.778. The highest BCUT2D eigenvalue weighted by molar-refractivity contribution is 5.71. The van der Waals surface area contributed by atoms with E-state index in [1.165, 1.54) is 128 Å². The van der Waals surface area contributed by atoms with E-state index >= 15 is 0 Å². The zero-order valence-electron chi connectivity index (χ0n) is 38.6. The van der Waals surface area contributed by atoms with Crippen LogP contribution in [0.3, 0.4) is 0 Å². The second-order valence-corrected chi connectivity index (χ2v) is 16.7. The quantitative estimate of drug-likeness (QED) is 0.0264. The highest BCUT2D eigenvalue weighted by atomic mass is 16.6. The Hall–Kier alpha value is -2.37. The third-order valence-electron chi connectivity index (χ3n) is 10.9. The van der Waals surface area contributed by atoms with Gasteiger partial charge in [-0.2, -0.15) is 0 Å². The van der Waals surface area contributed by atoms with Crippen molar-refractivity contribution >= 4 is 17.9 Å². The molecule has 1 atom stereocenters. The maximum atomic E-state index is 12.8. The Balaban J connectivity index is 4.38. The number of carbonyl (C=O) groups is 3. The zero-order valence-corrected chi connectivity index (χ0v) is 38.6. The van der Waals surface area contributed by atoms with Crippen molar-refractivity contribution in [2.24, 2.45) is 0 Å². The number of unbranched alkanes of at least 4 members (excludes halogenated alkanes) is 28. The molecular weight excluding hydrogens is 721 g/mol. The monoisotopic (exact) mass is 815 g/mol. The molecule has 6 heteroatoms. The fourth-order valence-corrected chi connectivity index (χ4v) is 7.12. The van der Waals surface area contributed by atoms with Gasteiger partial charge in [0.25, 0.3) is 0 Å². The summed E-state index contributed by atoms with van der Waals surface area (Å²) < 4.78 is 16.8. The highest BCUT2D eigenvalue weighted by Gasteiger charge is 2.19. The lowest BCUT2D eigenvalue weighted by Gasteiger charge is -2.18. The van der Waals surface area contributed by atoms with Gasteiger partial charge in [0.1, 0.15) is 13.2 Å². The van der Waals surface area contributed by atoms with Crippen LogP contribution >= 0.6 is 0 Å². The first-order valence-electron chi connectivity index (χ1n) is 25.0. The minimum absolute atomic E-state index is 0.0780. The normalized spacial score (nSPS) is 12.3. The van der Waals surface area contributed by atoms with Gasteiger partial charge in [0.15, 0.2) is 6.10 Å². The maximum Gasteiger partial charge on any atom is 0.306 e. The first kappa shape index (κ1) is 55.6. The summed E-state index contributed by atoms with van der Waals surface area (Å²) in [6.45, 7) is 6.52. The van der Waals surface area contributed by atoms with Crippen LogP contribution < -0.4 is 0 Å². The van der Waals surface area contributed by atoms with E-state index in [9.17, 15) is 14.4 Å². The molecule has 0 aromatic carbocycles. The Morgan fingerprint density at radius 2 is 0.672 bits per heavy atom. The molecule has 338 valence electrons. The lowest BCUT2D eigenvalue weighted by molar-refractivity contribution is -0.167. The number of ether oxygens (including phenoxy) is 3. The number of hydrogen-bond acceptors (Lipinski definition) is 6. The van der Waals surface area contributed by atoms with Crippen LogP contribution in [0.4, 0.5) is 0 Å². The summed E-state index contributed by atoms with van der Waals surface area (Å²) in [6.07, 6.45) is 54.1. The van der Waals surface area contributed by atoms with Crippen LogP contribution in [0.2, 0.25) is 0 Å². The van der Waals surface area contributed by atoms with E-state index in [1.807, 2.05) is 0 Å². The van der Waals surface area contributed by atoms with Crippen LogP contribution in [-0.2, 0) is 28.6 Å². The summed E-state index contributed by atoms with van der Waals surface area (Å²) in [4.78, 5) is 37.9. The predicted molar refractivity (Wildman–Crippen MR) is 247 cm³/mol. The highest BCUT2D eigenvalue weighted by Crippen LogP contribution is 2.15. The van der Waals surface area contributed by atoms with E-state index in [1.54, 1.807) is 0 Å². The van der Waals surface area contributed by atoms with Crippen molar-refractivity contribution in [3.05, 3.63) is 36.5 Å². The Morgan fingerprint density at radius 1 is 0.362 bits per heavy atom. The van der Waals surface area contributed by atoms with Gasteiger partial charge in [0.05, 0.1) is 0 Å². The third-order valence-corrected chi connectivity index (χ3v) is 10.9. The lowest BCUT2D eigenvalue weighted by Crippen LogP contribution is -2.30. The molecule has 0 amide bonds. The van der Waals surface area contributed by atoms with Gasteiger partial charge in [-0.3, -0.25) is 14.4 Å². The number of hydrogen-bond donors (Lipinski definition) is 0. The average molecular weight is 815 g/mol. The van der Waals surface area contributed by atoms with Crippen LogP contribution in [0.15, 0.2) is 36.5 Å². The smallest absolute Gasteiger partial charge is 0.306 e. The molecule has 6 nitrogen and oxygen atoms in total. The van der Waals surface area contributed by atoms with Crippen LogP contribution in [-0.4, -0.2) is 37.2 Å². The molecule has 0 rings (SSSR count). The third kappa shape index (κ3) is 44.7. The maximum absolute atomic E-state index is 12.8. The second-order valence-electron chi connectivity index (χ2n) is 16.7. The fourth-order valence-electron chi connectivity index (χ4n) is 7.12. The minimum Gasteiger partial charge on any atom is -0.462 e. The number of allylic oxidation sites excluding steroid dienone is 6. The Bertz CT molecular complexity index is 984. The summed E-state index contributed by atoms with van der Waals surface area (Å²) in [5.41, 5.74) is 0. The molecule has 0 N–H and O–H groups in total. The van der Waals surface area contributed by atoms with Crippen LogP contribution in [0.1, 0.15) is 258 Å². The molecule has 0 aromatic heterocycles. The van der Waals surface area contributed by atoms with Crippen molar-refractivity contribution in [2.75, 3.05) is 13.2 Å². The van der Waals surface area contributed by atoms with Crippen LogP contribution in [0.5, 0.6) is 0 Å². The largest absolute Gasteiger partial charge is 0.462 e. The predicted octanol–water partition coefficient (Wildman–Crippen LogP) is 16.1. The van der Waals surface area contributed by atoms with Crippen molar-refractivity contribution in [3.63, 3.8) is 0 Å². The van der Waals surface area contributed by atoms with Gasteiger partial charge in [-0.1, -0.05) is 205 Å². The Morgan fingerprint density at radius 3 is 1.07 bits per heavy atom. The Kier molecular flexibility index (Phi) is 45.4. The first-order chi connectivity index (χ1) is 28.5. The molecule has 0 aliphatic heterocycles. The van der Waals surface area contributed by atoms with E-state index in [0.717, 1.165) is 89.9 Å². The fraction of sp³-hybridized carbons (Fsp3) is 0.827. The van der Waals surface area contributed by atoms with E-state index < -0.39 is 6.10 Å². The molecule has 0 spiro atoms. The molecule has 1 unspecified atom stereocenters. The molecular formula is C52H94O6. The van der Waals surface area contributed by atoms with Gasteiger partial charge in [0, 0.05) is 19.3 Å². The van der Waals surface area contributed by atoms with E-state index in [-0.39, 0.29) is 31.1 Å². The van der Waals surface area contributed by atoms with Crippen LogP contribution in [0.25, 0.3) is 0 Å². The molecule has 58 heavy (non-hydrogen) atoms. The van der Waals surface area contributed by atoms with Gasteiger partial charge in [-0.05, 0) is 70.6 Å². The summed E-state index contributed by atoms with van der Waals surface area (Å²) in [7, 11) is 0. The van der Waals surface area contributed by atoms with E-state index in [2.05, 4.69) is 57.2 Å². The van der Waals surface area contributed by atoms with Gasteiger partial charge in [-0.25, -0.2) is 0 Å². The molecule has 0 fully saturated rings. The molecule has 0 heterocycles.